The lowest BCUT2D eigenvalue weighted by Crippen LogP contribution is -2.25. The minimum Gasteiger partial charge on any atom is -0.373 e. The molecule has 4 heteroatoms. The third-order valence-corrected chi connectivity index (χ3v) is 0.865. The number of aromatic nitrogens is 1. The minimum atomic E-state index is 1.50. The Balaban J connectivity index is 0.000000236. The molecule has 0 spiro atoms. The van der Waals surface area contributed by atoms with Crippen molar-refractivity contribution in [1.29, 1.82) is 0 Å². The quantitative estimate of drug-likeness (QED) is 0.224. The van der Waals surface area contributed by atoms with Gasteiger partial charge in [0.25, 0.3) is 0 Å². The predicted molar refractivity (Wildman–Crippen MR) is 37.7 cm³/mol. The molecule has 1 aromatic heterocycles. The van der Waals surface area contributed by atoms with Crippen LogP contribution in [0.2, 0.25) is 0 Å². The average molecular weight is 136 g/mol. The highest BCUT2D eigenvalue weighted by molar-refractivity contribution is 4.83. The first-order valence-corrected chi connectivity index (χ1v) is 2.70. The summed E-state index contributed by atoms with van der Waals surface area (Å²) in [5.41, 5.74) is 13.5. The Kier molecular flexibility index (Phi) is 4.73. The molecule has 0 aliphatic carbocycles. The van der Waals surface area contributed by atoms with Crippen LogP contribution in [0.4, 0.5) is 0 Å². The summed E-state index contributed by atoms with van der Waals surface area (Å²) in [5.74, 6) is 0. The molecule has 52 valence electrons. The average Bonchev–Trinajstić information content (AvgIpc) is 1.91. The Morgan fingerprint density at radius 2 is 1.50 bits per heavy atom. The van der Waals surface area contributed by atoms with E-state index in [1.54, 1.807) is 0 Å². The molecule has 1 heterocycles. The van der Waals surface area contributed by atoms with Crippen molar-refractivity contribution in [3.8, 4) is 0 Å². The van der Waals surface area contributed by atoms with Crippen molar-refractivity contribution in [2.75, 3.05) is 0 Å². The highest BCUT2D eigenvalue weighted by atomic mass is 15.0. The molecule has 0 bridgehead atoms. The summed E-state index contributed by atoms with van der Waals surface area (Å²) in [6.07, 6.45) is 4.00. The second-order valence-electron chi connectivity index (χ2n) is 1.63. The Labute approximate surface area is 59.2 Å². The first-order valence-electron chi connectivity index (χ1n) is 2.70. The Morgan fingerprint density at radius 3 is 1.70 bits per heavy atom. The van der Waals surface area contributed by atoms with Gasteiger partial charge in [0.05, 0.1) is 0 Å². The van der Waals surface area contributed by atoms with Crippen molar-refractivity contribution in [2.45, 2.75) is 0 Å². The van der Waals surface area contributed by atoms with Gasteiger partial charge in [-0.3, -0.25) is 4.91 Å². The van der Waals surface area contributed by atoms with Crippen LogP contribution in [0.3, 0.4) is 0 Å². The molecule has 1 rings (SSSR count). The lowest BCUT2D eigenvalue weighted by Gasteiger charge is -1.77. The molecule has 0 atom stereocenters. The van der Waals surface area contributed by atoms with Gasteiger partial charge in [0, 0.05) is 12.1 Å². The topological polar surface area (TPSA) is 62.6 Å². The monoisotopic (exact) mass is 136 g/mol. The van der Waals surface area contributed by atoms with E-state index in [4.69, 9.17) is 11.1 Å². The van der Waals surface area contributed by atoms with E-state index in [0.29, 0.717) is 0 Å². The predicted octanol–water partition coefficient (Wildman–Crippen LogP) is 1.38. The van der Waals surface area contributed by atoms with Crippen molar-refractivity contribution in [1.82, 2.24) is 0 Å². The first kappa shape index (κ1) is 8.46. The molecular formula is C6H8N4. The number of rotatable bonds is 0. The molecule has 0 fully saturated rings. The van der Waals surface area contributed by atoms with Gasteiger partial charge < -0.3 is 11.1 Å². The van der Waals surface area contributed by atoms with Gasteiger partial charge in [-0.1, -0.05) is 6.07 Å². The second-order valence-corrected chi connectivity index (χ2v) is 1.63. The summed E-state index contributed by atoms with van der Waals surface area (Å²) in [7, 11) is 2.00. The van der Waals surface area contributed by atoms with Crippen LogP contribution in [0.5, 0.6) is 0 Å². The zero-order valence-electron chi connectivity index (χ0n) is 5.68. The molecule has 0 aliphatic rings. The second kappa shape index (κ2) is 5.59. The fourth-order valence-corrected chi connectivity index (χ4v) is 0.485. The van der Waals surface area contributed by atoms with Crippen LogP contribution in [-0.4, -0.2) is 0 Å². The molecule has 4 nitrogen and oxygen atoms in total. The zero-order chi connectivity index (χ0) is 7.82. The van der Waals surface area contributed by atoms with Gasteiger partial charge in [0.1, 0.15) is 7.05 Å². The van der Waals surface area contributed by atoms with E-state index in [9.17, 15) is 0 Å². The molecule has 10 heavy (non-hydrogen) atoms. The molecule has 0 aromatic carbocycles. The summed E-state index contributed by atoms with van der Waals surface area (Å²) >= 11 is 0. The molecule has 0 saturated heterocycles. The zero-order valence-corrected chi connectivity index (χ0v) is 5.68. The number of hydrogen-bond donors (Lipinski definition) is 0. The van der Waals surface area contributed by atoms with Crippen LogP contribution in [-0.2, 0) is 7.05 Å². The highest BCUT2D eigenvalue weighted by Crippen LogP contribution is 1.71. The van der Waals surface area contributed by atoms with Crippen LogP contribution < -0.4 is 4.57 Å². The van der Waals surface area contributed by atoms with Gasteiger partial charge in [-0.15, -0.1) is 0 Å². The van der Waals surface area contributed by atoms with Crippen LogP contribution >= 0.6 is 0 Å². The molecule has 0 amide bonds. The Hall–Kier alpha value is -1.54. The Bertz CT molecular complexity index is 200. The smallest absolute Gasteiger partial charge is 0.168 e. The molecule has 0 saturated carbocycles. The van der Waals surface area contributed by atoms with Crippen LogP contribution in [0, 0.1) is 0 Å². The lowest BCUT2D eigenvalue weighted by molar-refractivity contribution is -0.671. The molecule has 0 unspecified atom stereocenters. The van der Waals surface area contributed by atoms with E-state index in [0.717, 1.165) is 0 Å². The summed E-state index contributed by atoms with van der Waals surface area (Å²) in [4.78, 5) is 1.50. The van der Waals surface area contributed by atoms with Gasteiger partial charge >= 0.3 is 0 Å². The number of nitrogens with zero attached hydrogens (tertiary/aromatic N) is 4. The van der Waals surface area contributed by atoms with E-state index < -0.39 is 0 Å². The van der Waals surface area contributed by atoms with Crippen LogP contribution in [0.25, 0.3) is 16.0 Å². The fourth-order valence-electron chi connectivity index (χ4n) is 0.485. The van der Waals surface area contributed by atoms with Crippen molar-refractivity contribution in [2.24, 2.45) is 7.05 Å². The first-order chi connectivity index (χ1) is 4.81. The number of pyridine rings is 1. The van der Waals surface area contributed by atoms with E-state index >= 15 is 0 Å². The van der Waals surface area contributed by atoms with Crippen LogP contribution in [0.1, 0.15) is 0 Å². The van der Waals surface area contributed by atoms with Gasteiger partial charge in [-0.2, -0.15) is 0 Å². The molecule has 0 N–H and O–H groups in total. The van der Waals surface area contributed by atoms with E-state index in [1.807, 2.05) is 42.2 Å². The number of hydrogen-bond acceptors (Lipinski definition) is 0. The van der Waals surface area contributed by atoms with Gasteiger partial charge in [0.2, 0.25) is 0 Å². The van der Waals surface area contributed by atoms with Gasteiger partial charge in [0.15, 0.2) is 12.4 Å². The fraction of sp³-hybridized carbons (Fsp3) is 0.167. The van der Waals surface area contributed by atoms with Crippen molar-refractivity contribution in [3.63, 3.8) is 0 Å². The van der Waals surface area contributed by atoms with E-state index in [-0.39, 0.29) is 0 Å². The van der Waals surface area contributed by atoms with E-state index in [1.165, 1.54) is 4.91 Å². The summed E-state index contributed by atoms with van der Waals surface area (Å²) in [6, 6.07) is 6.00. The lowest BCUT2D eigenvalue weighted by atomic mass is 10.5. The minimum absolute atomic E-state index is 1.50. The third-order valence-electron chi connectivity index (χ3n) is 0.865. The standard InChI is InChI=1S/C6H8N.N3/c1-7-5-3-2-4-6-7;1-3-2/h2-6H,1H3;/q+1;-1. The van der Waals surface area contributed by atoms with Gasteiger partial charge in [-0.05, 0) is 0 Å². The summed E-state index contributed by atoms with van der Waals surface area (Å²) in [5, 5.41) is 0. The molecule has 0 aliphatic heterocycles. The van der Waals surface area contributed by atoms with Crippen molar-refractivity contribution >= 4 is 0 Å². The Morgan fingerprint density at radius 1 is 1.10 bits per heavy atom. The summed E-state index contributed by atoms with van der Waals surface area (Å²) < 4.78 is 2.00. The maximum Gasteiger partial charge on any atom is 0.168 e. The number of aryl methyl sites for hydroxylation is 1. The maximum atomic E-state index is 6.75. The van der Waals surface area contributed by atoms with E-state index in [2.05, 4.69) is 0 Å². The van der Waals surface area contributed by atoms with Crippen LogP contribution in [0.15, 0.2) is 30.6 Å². The largest absolute Gasteiger partial charge is 0.373 e. The van der Waals surface area contributed by atoms with Crippen molar-refractivity contribution in [3.05, 3.63) is 46.6 Å². The molecule has 1 aromatic rings. The third kappa shape index (κ3) is 4.61. The summed E-state index contributed by atoms with van der Waals surface area (Å²) in [6.45, 7) is 0. The maximum absolute atomic E-state index is 6.75. The van der Waals surface area contributed by atoms with Gasteiger partial charge in [-0.25, -0.2) is 4.57 Å². The normalized spacial score (nSPS) is 6.90. The molecule has 0 radical (unpaired) electrons. The highest BCUT2D eigenvalue weighted by Gasteiger charge is 1.78. The molecular weight excluding hydrogens is 128 g/mol. The van der Waals surface area contributed by atoms with Crippen molar-refractivity contribution < 1.29 is 4.57 Å². The SMILES string of the molecule is C[n+]1ccccc1.[N-]=[N+]=[N-].